The van der Waals surface area contributed by atoms with Crippen LogP contribution in [0.4, 0.5) is 24.5 Å². The van der Waals surface area contributed by atoms with Crippen molar-refractivity contribution in [2.24, 2.45) is 0 Å². The Morgan fingerprint density at radius 1 is 1.12 bits per heavy atom. The molecule has 0 spiro atoms. The van der Waals surface area contributed by atoms with Crippen LogP contribution in [-0.2, 0) is 16.2 Å². The van der Waals surface area contributed by atoms with E-state index in [9.17, 15) is 21.6 Å². The maximum Gasteiger partial charge on any atom is 0.416 e. The van der Waals surface area contributed by atoms with Gasteiger partial charge in [-0.05, 0) is 65.8 Å². The van der Waals surface area contributed by atoms with Crippen molar-refractivity contribution >= 4 is 37.3 Å². The Labute approximate surface area is 146 Å². The maximum atomic E-state index is 12.8. The molecular weight excluding hydrogens is 409 g/mol. The highest BCUT2D eigenvalue weighted by atomic mass is 79.9. The summed E-state index contributed by atoms with van der Waals surface area (Å²) in [6.45, 7) is 1.66. The molecule has 2 aromatic rings. The second-order valence-corrected chi connectivity index (χ2v) is 7.75. The molecular formula is C15H14BrF3N2O2S. The molecule has 0 bridgehead atoms. The van der Waals surface area contributed by atoms with Crippen molar-refractivity contribution in [3.63, 3.8) is 0 Å². The van der Waals surface area contributed by atoms with Crippen LogP contribution in [0.2, 0.25) is 0 Å². The highest BCUT2D eigenvalue weighted by Crippen LogP contribution is 2.35. The minimum absolute atomic E-state index is 0.0592. The van der Waals surface area contributed by atoms with Crippen LogP contribution in [0.1, 0.15) is 11.1 Å². The number of anilines is 2. The van der Waals surface area contributed by atoms with Crippen molar-refractivity contribution < 1.29 is 21.6 Å². The molecule has 4 nitrogen and oxygen atoms in total. The lowest BCUT2D eigenvalue weighted by atomic mass is 10.1. The van der Waals surface area contributed by atoms with E-state index in [4.69, 9.17) is 0 Å². The molecule has 2 aromatic carbocycles. The standard InChI is InChI=1S/C15H14BrF3N2O2S/c1-9-6-12(24(22,23)20-2)8-13(16)14(9)21-11-5-3-4-10(7-11)15(17,18)19/h3-8,20-21H,1-2H3. The van der Waals surface area contributed by atoms with Crippen LogP contribution >= 0.6 is 15.9 Å². The van der Waals surface area contributed by atoms with Gasteiger partial charge in [0.15, 0.2) is 0 Å². The van der Waals surface area contributed by atoms with Crippen molar-refractivity contribution in [1.82, 2.24) is 4.72 Å². The molecule has 0 atom stereocenters. The number of aryl methyl sites for hydroxylation is 1. The van der Waals surface area contributed by atoms with Crippen molar-refractivity contribution in [1.29, 1.82) is 0 Å². The number of benzene rings is 2. The molecule has 0 heterocycles. The topological polar surface area (TPSA) is 58.2 Å². The molecule has 0 aliphatic heterocycles. The molecule has 2 N–H and O–H groups in total. The molecule has 24 heavy (non-hydrogen) atoms. The van der Waals surface area contributed by atoms with Gasteiger partial charge >= 0.3 is 6.18 Å². The van der Waals surface area contributed by atoms with E-state index in [2.05, 4.69) is 26.0 Å². The number of alkyl halides is 3. The fourth-order valence-corrected chi connectivity index (χ4v) is 3.71. The summed E-state index contributed by atoms with van der Waals surface area (Å²) in [5.74, 6) is 0. The lowest BCUT2D eigenvalue weighted by Gasteiger charge is -2.15. The van der Waals surface area contributed by atoms with Crippen molar-refractivity contribution in [2.75, 3.05) is 12.4 Å². The molecule has 0 aromatic heterocycles. The van der Waals surface area contributed by atoms with Gasteiger partial charge in [-0.1, -0.05) is 6.07 Å². The van der Waals surface area contributed by atoms with Crippen LogP contribution < -0.4 is 10.0 Å². The molecule has 0 aliphatic rings. The highest BCUT2D eigenvalue weighted by molar-refractivity contribution is 9.10. The van der Waals surface area contributed by atoms with Crippen molar-refractivity contribution in [3.05, 3.63) is 52.0 Å². The van der Waals surface area contributed by atoms with Gasteiger partial charge in [0, 0.05) is 10.2 Å². The third-order valence-corrected chi connectivity index (χ3v) is 5.32. The van der Waals surface area contributed by atoms with Crippen LogP contribution in [0.5, 0.6) is 0 Å². The van der Waals surface area contributed by atoms with E-state index in [0.717, 1.165) is 12.1 Å². The lowest BCUT2D eigenvalue weighted by molar-refractivity contribution is -0.137. The molecule has 2 rings (SSSR count). The number of sulfonamides is 1. The Morgan fingerprint density at radius 3 is 2.33 bits per heavy atom. The van der Waals surface area contributed by atoms with Gasteiger partial charge in [0.25, 0.3) is 0 Å². The van der Waals surface area contributed by atoms with Crippen LogP contribution in [0.15, 0.2) is 45.8 Å². The van der Waals surface area contributed by atoms with E-state index in [1.807, 2.05) is 0 Å². The van der Waals surface area contributed by atoms with E-state index in [1.54, 1.807) is 6.92 Å². The first-order valence-electron chi connectivity index (χ1n) is 6.72. The van der Waals surface area contributed by atoms with Gasteiger partial charge in [-0.2, -0.15) is 13.2 Å². The summed E-state index contributed by atoms with van der Waals surface area (Å²) in [7, 11) is -2.32. The first-order chi connectivity index (χ1) is 11.0. The second-order valence-electron chi connectivity index (χ2n) is 5.01. The molecule has 0 radical (unpaired) electrons. The normalized spacial score (nSPS) is 12.2. The number of hydrogen-bond donors (Lipinski definition) is 2. The number of hydrogen-bond acceptors (Lipinski definition) is 3. The molecule has 0 fully saturated rings. The number of rotatable bonds is 4. The minimum Gasteiger partial charge on any atom is -0.354 e. The summed E-state index contributed by atoms with van der Waals surface area (Å²) in [6, 6.07) is 7.59. The van der Waals surface area contributed by atoms with E-state index in [1.165, 1.54) is 31.3 Å². The smallest absolute Gasteiger partial charge is 0.354 e. The predicted octanol–water partition coefficient (Wildman–Crippen LogP) is 4.43. The molecule has 0 unspecified atom stereocenters. The Kier molecular flexibility index (Phi) is 5.26. The Hall–Kier alpha value is -1.58. The molecule has 0 amide bonds. The fraction of sp³-hybridized carbons (Fsp3) is 0.200. The van der Waals surface area contributed by atoms with Crippen LogP contribution in [0.25, 0.3) is 0 Å². The molecule has 0 saturated heterocycles. The van der Waals surface area contributed by atoms with Crippen LogP contribution in [-0.4, -0.2) is 15.5 Å². The summed E-state index contributed by atoms with van der Waals surface area (Å²) in [5.41, 5.74) is 0.536. The monoisotopic (exact) mass is 422 g/mol. The quantitative estimate of drug-likeness (QED) is 0.765. The van der Waals surface area contributed by atoms with Gasteiger partial charge in [-0.3, -0.25) is 0 Å². The van der Waals surface area contributed by atoms with Crippen LogP contribution in [0, 0.1) is 6.92 Å². The summed E-state index contributed by atoms with van der Waals surface area (Å²) < 4.78 is 64.7. The second kappa shape index (κ2) is 6.73. The molecule has 0 aliphatic carbocycles. The molecule has 130 valence electrons. The Balaban J connectivity index is 2.41. The number of halogens is 4. The average molecular weight is 423 g/mol. The largest absolute Gasteiger partial charge is 0.416 e. The predicted molar refractivity (Wildman–Crippen MR) is 89.9 cm³/mol. The summed E-state index contributed by atoms with van der Waals surface area (Å²) in [6.07, 6.45) is -4.44. The average Bonchev–Trinajstić information content (AvgIpc) is 2.50. The summed E-state index contributed by atoms with van der Waals surface area (Å²) in [5, 5.41) is 2.89. The zero-order valence-corrected chi connectivity index (χ0v) is 15.1. The summed E-state index contributed by atoms with van der Waals surface area (Å²) in [4.78, 5) is 0.0592. The van der Waals surface area contributed by atoms with Gasteiger partial charge in [-0.25, -0.2) is 13.1 Å². The zero-order chi connectivity index (χ0) is 18.1. The maximum absolute atomic E-state index is 12.8. The molecule has 9 heteroatoms. The SMILES string of the molecule is CNS(=O)(=O)c1cc(C)c(Nc2cccc(C(F)(F)F)c2)c(Br)c1. The summed E-state index contributed by atoms with van der Waals surface area (Å²) >= 11 is 3.26. The first-order valence-corrected chi connectivity index (χ1v) is 9.00. The first kappa shape index (κ1) is 18.8. The lowest BCUT2D eigenvalue weighted by Crippen LogP contribution is -2.18. The van der Waals surface area contributed by atoms with E-state index in [-0.39, 0.29) is 10.6 Å². The van der Waals surface area contributed by atoms with Crippen molar-refractivity contribution in [3.8, 4) is 0 Å². The minimum atomic E-state index is -4.44. The third-order valence-electron chi connectivity index (χ3n) is 3.30. The Morgan fingerprint density at radius 2 is 1.79 bits per heavy atom. The third kappa shape index (κ3) is 4.08. The van der Waals surface area contributed by atoms with E-state index < -0.39 is 21.8 Å². The number of nitrogens with one attached hydrogen (secondary N) is 2. The van der Waals surface area contributed by atoms with Gasteiger partial charge in [0.1, 0.15) is 0 Å². The van der Waals surface area contributed by atoms with Gasteiger partial charge in [-0.15, -0.1) is 0 Å². The fourth-order valence-electron chi connectivity index (χ4n) is 2.06. The van der Waals surface area contributed by atoms with Gasteiger partial charge in [0.2, 0.25) is 10.0 Å². The van der Waals surface area contributed by atoms with Crippen LogP contribution in [0.3, 0.4) is 0 Å². The van der Waals surface area contributed by atoms with Crippen molar-refractivity contribution in [2.45, 2.75) is 18.0 Å². The Bertz CT molecular complexity index is 844. The van der Waals surface area contributed by atoms with Gasteiger partial charge < -0.3 is 5.32 Å². The van der Waals surface area contributed by atoms with Gasteiger partial charge in [0.05, 0.1) is 16.1 Å². The molecule has 0 saturated carbocycles. The van der Waals surface area contributed by atoms with E-state index in [0.29, 0.717) is 15.7 Å². The zero-order valence-electron chi connectivity index (χ0n) is 12.7. The van der Waals surface area contributed by atoms with E-state index >= 15 is 0 Å². The highest BCUT2D eigenvalue weighted by Gasteiger charge is 2.30.